The number of benzene rings is 1. The summed E-state index contributed by atoms with van der Waals surface area (Å²) in [4.78, 5) is 7.92. The van der Waals surface area contributed by atoms with Gasteiger partial charge in [0.05, 0.1) is 4.90 Å². The second-order valence-electron chi connectivity index (χ2n) is 3.82. The summed E-state index contributed by atoms with van der Waals surface area (Å²) < 4.78 is 26.9. The molecule has 7 heteroatoms. The van der Waals surface area contributed by atoms with Crippen LogP contribution in [0.1, 0.15) is 5.56 Å². The monoisotopic (exact) mass is 278 g/mol. The first-order chi connectivity index (χ1) is 9.13. The van der Waals surface area contributed by atoms with Gasteiger partial charge in [-0.3, -0.25) is 0 Å². The van der Waals surface area contributed by atoms with Crippen molar-refractivity contribution < 1.29 is 8.42 Å². The predicted molar refractivity (Wildman–Crippen MR) is 72.0 cm³/mol. The summed E-state index contributed by atoms with van der Waals surface area (Å²) in [5, 5.41) is 2.94. The molecule has 0 atom stereocenters. The fraction of sp³-hybridized carbons (Fsp3) is 0.167. The Labute approximate surface area is 112 Å². The molecule has 0 aliphatic rings. The molecule has 0 fully saturated rings. The van der Waals surface area contributed by atoms with E-state index in [1.54, 1.807) is 37.4 Å². The molecule has 0 unspecified atom stereocenters. The third-order valence-corrected chi connectivity index (χ3v) is 3.85. The first kappa shape index (κ1) is 13.4. The summed E-state index contributed by atoms with van der Waals surface area (Å²) in [6, 6.07) is 8.41. The molecule has 0 aliphatic carbocycles. The van der Waals surface area contributed by atoms with Crippen molar-refractivity contribution in [3.8, 4) is 0 Å². The summed E-state index contributed by atoms with van der Waals surface area (Å²) in [5.41, 5.74) is 0.688. The Balaban J connectivity index is 2.35. The molecule has 0 spiro atoms. The van der Waals surface area contributed by atoms with Crippen LogP contribution in [0.3, 0.4) is 0 Å². The lowest BCUT2D eigenvalue weighted by Crippen LogP contribution is -2.18. The first-order valence-electron chi connectivity index (χ1n) is 5.66. The average Bonchev–Trinajstić information content (AvgIpc) is 2.40. The standard InChI is InChI=1S/C12H14N4O2S/c1-13-9-10-5-2-3-6-11(10)19(17,18)16-12-14-7-4-8-15-12/h2-8,13H,9H2,1H3,(H,14,15,16). The summed E-state index contributed by atoms with van der Waals surface area (Å²) >= 11 is 0. The van der Waals surface area contributed by atoms with Crippen molar-refractivity contribution in [1.82, 2.24) is 15.3 Å². The number of nitrogens with one attached hydrogen (secondary N) is 2. The van der Waals surface area contributed by atoms with Gasteiger partial charge in [-0.05, 0) is 24.7 Å². The molecule has 0 bridgehead atoms. The fourth-order valence-corrected chi connectivity index (χ4v) is 2.83. The van der Waals surface area contributed by atoms with Crippen LogP contribution in [0.25, 0.3) is 0 Å². The van der Waals surface area contributed by atoms with Crippen molar-refractivity contribution in [2.24, 2.45) is 0 Å². The van der Waals surface area contributed by atoms with Crippen LogP contribution in [0.4, 0.5) is 5.95 Å². The molecule has 0 amide bonds. The maximum atomic E-state index is 12.3. The molecular formula is C12H14N4O2S. The van der Waals surface area contributed by atoms with E-state index >= 15 is 0 Å². The molecule has 100 valence electrons. The number of anilines is 1. The van der Waals surface area contributed by atoms with Crippen LogP contribution in [0.5, 0.6) is 0 Å². The van der Waals surface area contributed by atoms with Gasteiger partial charge in [-0.15, -0.1) is 0 Å². The van der Waals surface area contributed by atoms with E-state index in [0.717, 1.165) is 0 Å². The summed E-state index contributed by atoms with van der Waals surface area (Å²) in [7, 11) is -1.92. The lowest BCUT2D eigenvalue weighted by atomic mass is 10.2. The minimum absolute atomic E-state index is 0.0572. The van der Waals surface area contributed by atoms with Crippen molar-refractivity contribution in [3.63, 3.8) is 0 Å². The van der Waals surface area contributed by atoms with E-state index in [4.69, 9.17) is 0 Å². The van der Waals surface area contributed by atoms with E-state index in [9.17, 15) is 8.42 Å². The molecule has 2 N–H and O–H groups in total. The van der Waals surface area contributed by atoms with Crippen LogP contribution in [-0.2, 0) is 16.6 Å². The zero-order valence-corrected chi connectivity index (χ0v) is 11.2. The van der Waals surface area contributed by atoms with Crippen molar-refractivity contribution in [2.45, 2.75) is 11.4 Å². The van der Waals surface area contributed by atoms with E-state index < -0.39 is 10.0 Å². The summed E-state index contributed by atoms with van der Waals surface area (Å²) in [6.45, 7) is 0.465. The van der Waals surface area contributed by atoms with Gasteiger partial charge in [0, 0.05) is 18.9 Å². The zero-order valence-electron chi connectivity index (χ0n) is 10.4. The minimum Gasteiger partial charge on any atom is -0.316 e. The Bertz CT molecular complexity index is 644. The number of hydrogen-bond acceptors (Lipinski definition) is 5. The highest BCUT2D eigenvalue weighted by Crippen LogP contribution is 2.17. The molecule has 2 aromatic rings. The van der Waals surface area contributed by atoms with Gasteiger partial charge >= 0.3 is 0 Å². The lowest BCUT2D eigenvalue weighted by molar-refractivity contribution is 0.599. The maximum Gasteiger partial charge on any atom is 0.264 e. The van der Waals surface area contributed by atoms with Gasteiger partial charge in [-0.25, -0.2) is 23.1 Å². The smallest absolute Gasteiger partial charge is 0.264 e. The van der Waals surface area contributed by atoms with Gasteiger partial charge < -0.3 is 5.32 Å². The van der Waals surface area contributed by atoms with Crippen LogP contribution < -0.4 is 10.0 Å². The second-order valence-corrected chi connectivity index (χ2v) is 5.47. The van der Waals surface area contributed by atoms with Crippen LogP contribution in [-0.4, -0.2) is 25.4 Å². The number of nitrogens with zero attached hydrogens (tertiary/aromatic N) is 2. The van der Waals surface area contributed by atoms with E-state index in [2.05, 4.69) is 20.0 Å². The molecular weight excluding hydrogens is 264 g/mol. The van der Waals surface area contributed by atoms with Gasteiger partial charge in [0.1, 0.15) is 0 Å². The Kier molecular flexibility index (Phi) is 4.08. The van der Waals surface area contributed by atoms with E-state index in [1.807, 2.05) is 0 Å². The second kappa shape index (κ2) is 5.77. The minimum atomic E-state index is -3.68. The van der Waals surface area contributed by atoms with E-state index in [-0.39, 0.29) is 10.8 Å². The van der Waals surface area contributed by atoms with Crippen molar-refractivity contribution in [3.05, 3.63) is 48.3 Å². The van der Waals surface area contributed by atoms with Crippen molar-refractivity contribution >= 4 is 16.0 Å². The molecule has 0 radical (unpaired) electrons. The quantitative estimate of drug-likeness (QED) is 0.852. The molecule has 0 aliphatic heterocycles. The van der Waals surface area contributed by atoms with Crippen LogP contribution in [0.15, 0.2) is 47.6 Å². The van der Waals surface area contributed by atoms with Crippen LogP contribution in [0.2, 0.25) is 0 Å². The highest BCUT2D eigenvalue weighted by atomic mass is 32.2. The number of sulfonamides is 1. The van der Waals surface area contributed by atoms with Gasteiger partial charge in [0.2, 0.25) is 5.95 Å². The summed E-state index contributed by atoms with van der Waals surface area (Å²) in [5.74, 6) is 0.0572. The molecule has 0 saturated carbocycles. The van der Waals surface area contributed by atoms with Crippen molar-refractivity contribution in [2.75, 3.05) is 11.8 Å². The first-order valence-corrected chi connectivity index (χ1v) is 7.14. The maximum absolute atomic E-state index is 12.3. The number of aromatic nitrogens is 2. The SMILES string of the molecule is CNCc1ccccc1S(=O)(=O)Nc1ncccn1. The van der Waals surface area contributed by atoms with Gasteiger partial charge in [0.15, 0.2) is 0 Å². The van der Waals surface area contributed by atoms with Gasteiger partial charge in [-0.2, -0.15) is 0 Å². The fourth-order valence-electron chi connectivity index (χ4n) is 1.63. The largest absolute Gasteiger partial charge is 0.316 e. The molecule has 1 aromatic heterocycles. The highest BCUT2D eigenvalue weighted by molar-refractivity contribution is 7.92. The molecule has 1 heterocycles. The third kappa shape index (κ3) is 3.27. The lowest BCUT2D eigenvalue weighted by Gasteiger charge is -2.10. The van der Waals surface area contributed by atoms with Crippen molar-refractivity contribution in [1.29, 1.82) is 0 Å². The predicted octanol–water partition coefficient (Wildman–Crippen LogP) is 0.997. The van der Waals surface area contributed by atoms with Gasteiger partial charge in [0.25, 0.3) is 10.0 Å². The van der Waals surface area contributed by atoms with Crippen LogP contribution in [0, 0.1) is 0 Å². The van der Waals surface area contributed by atoms with E-state index in [0.29, 0.717) is 12.1 Å². The number of hydrogen-bond donors (Lipinski definition) is 2. The Morgan fingerprint density at radius 1 is 1.11 bits per heavy atom. The molecule has 19 heavy (non-hydrogen) atoms. The molecule has 1 aromatic carbocycles. The molecule has 6 nitrogen and oxygen atoms in total. The Hall–Kier alpha value is -1.99. The third-order valence-electron chi connectivity index (χ3n) is 2.42. The average molecular weight is 278 g/mol. The molecule has 2 rings (SSSR count). The molecule has 0 saturated heterocycles. The summed E-state index contributed by atoms with van der Waals surface area (Å²) in [6.07, 6.45) is 2.95. The normalized spacial score (nSPS) is 11.2. The zero-order chi connectivity index (χ0) is 13.7. The Morgan fingerprint density at radius 3 is 2.47 bits per heavy atom. The Morgan fingerprint density at radius 2 is 1.79 bits per heavy atom. The highest BCUT2D eigenvalue weighted by Gasteiger charge is 2.18. The van der Waals surface area contributed by atoms with Crippen LogP contribution >= 0.6 is 0 Å². The topological polar surface area (TPSA) is 84.0 Å². The van der Waals surface area contributed by atoms with E-state index in [1.165, 1.54) is 12.4 Å². The van der Waals surface area contributed by atoms with Gasteiger partial charge in [-0.1, -0.05) is 18.2 Å². The number of rotatable bonds is 5.